The van der Waals surface area contributed by atoms with Crippen LogP contribution in [-0.2, 0) is 4.74 Å². The normalized spacial score (nSPS) is 10.7. The molecule has 0 unspecified atom stereocenters. The molecule has 3 nitrogen and oxygen atoms in total. The number of halogens is 2. The van der Waals surface area contributed by atoms with Crippen LogP contribution in [0.3, 0.4) is 0 Å². The van der Waals surface area contributed by atoms with E-state index in [1.54, 1.807) is 30.3 Å². The SMILES string of the molecule is COC(=O)c1ccc(/C=C/C(=O)c2ccc(F)cc2Cl)cc1. The Morgan fingerprint density at radius 1 is 1.14 bits per heavy atom. The summed E-state index contributed by atoms with van der Waals surface area (Å²) in [5.41, 5.74) is 1.39. The molecule has 0 N–H and O–H groups in total. The smallest absolute Gasteiger partial charge is 0.337 e. The lowest BCUT2D eigenvalue weighted by Gasteiger charge is -2.01. The molecule has 0 saturated heterocycles. The van der Waals surface area contributed by atoms with Gasteiger partial charge < -0.3 is 4.74 Å². The van der Waals surface area contributed by atoms with E-state index in [1.807, 2.05) is 0 Å². The summed E-state index contributed by atoms with van der Waals surface area (Å²) in [5.74, 6) is -1.25. The number of esters is 1. The number of hydrogen-bond donors (Lipinski definition) is 0. The Labute approximate surface area is 132 Å². The van der Waals surface area contributed by atoms with Gasteiger partial charge in [0.05, 0.1) is 17.7 Å². The van der Waals surface area contributed by atoms with Crippen LogP contribution in [0.5, 0.6) is 0 Å². The van der Waals surface area contributed by atoms with Gasteiger partial charge in [-0.3, -0.25) is 4.79 Å². The highest BCUT2D eigenvalue weighted by Gasteiger charge is 2.08. The third-order valence-electron chi connectivity index (χ3n) is 2.96. The molecule has 0 aliphatic carbocycles. The molecule has 2 aromatic carbocycles. The Balaban J connectivity index is 2.14. The Morgan fingerprint density at radius 3 is 2.41 bits per heavy atom. The number of carbonyl (C=O) groups excluding carboxylic acids is 2. The third kappa shape index (κ3) is 3.80. The summed E-state index contributed by atoms with van der Waals surface area (Å²) in [7, 11) is 1.31. The average Bonchev–Trinajstić information content (AvgIpc) is 2.52. The highest BCUT2D eigenvalue weighted by Crippen LogP contribution is 2.18. The van der Waals surface area contributed by atoms with Crippen LogP contribution in [0.2, 0.25) is 5.02 Å². The number of carbonyl (C=O) groups is 2. The summed E-state index contributed by atoms with van der Waals surface area (Å²) in [5, 5.41) is 0.0655. The van der Waals surface area contributed by atoms with Crippen molar-refractivity contribution in [1.29, 1.82) is 0 Å². The predicted octanol–water partition coefficient (Wildman–Crippen LogP) is 4.16. The van der Waals surface area contributed by atoms with E-state index >= 15 is 0 Å². The molecular weight excluding hydrogens is 307 g/mol. The number of allylic oxidation sites excluding steroid dienone is 1. The molecule has 0 saturated carbocycles. The largest absolute Gasteiger partial charge is 0.465 e. The minimum absolute atomic E-state index is 0.0655. The molecule has 0 aliphatic rings. The minimum atomic E-state index is -0.496. The van der Waals surface area contributed by atoms with Crippen LogP contribution in [-0.4, -0.2) is 18.9 Å². The number of rotatable bonds is 4. The van der Waals surface area contributed by atoms with Gasteiger partial charge in [0.15, 0.2) is 5.78 Å². The second-order valence-corrected chi connectivity index (χ2v) is 4.84. The number of hydrogen-bond acceptors (Lipinski definition) is 3. The van der Waals surface area contributed by atoms with E-state index in [9.17, 15) is 14.0 Å². The van der Waals surface area contributed by atoms with E-state index in [2.05, 4.69) is 4.74 Å². The maximum atomic E-state index is 12.9. The van der Waals surface area contributed by atoms with Crippen molar-refractivity contribution in [3.05, 3.63) is 76.1 Å². The van der Waals surface area contributed by atoms with Crippen molar-refractivity contribution >= 4 is 29.4 Å². The topological polar surface area (TPSA) is 43.4 Å². The quantitative estimate of drug-likeness (QED) is 0.483. The molecule has 0 atom stereocenters. The number of ketones is 1. The summed E-state index contributed by atoms with van der Waals surface area (Å²) in [4.78, 5) is 23.3. The molecule has 2 aromatic rings. The molecule has 112 valence electrons. The van der Waals surface area contributed by atoms with Crippen molar-refractivity contribution in [2.75, 3.05) is 7.11 Å². The van der Waals surface area contributed by atoms with Crippen LogP contribution in [0.25, 0.3) is 6.08 Å². The lowest BCUT2D eigenvalue weighted by molar-refractivity contribution is 0.0600. The average molecular weight is 319 g/mol. The van der Waals surface area contributed by atoms with Gasteiger partial charge in [-0.15, -0.1) is 0 Å². The zero-order valence-corrected chi connectivity index (χ0v) is 12.4. The Morgan fingerprint density at radius 2 is 1.82 bits per heavy atom. The summed E-state index contributed by atoms with van der Waals surface area (Å²) >= 11 is 5.83. The van der Waals surface area contributed by atoms with Crippen LogP contribution >= 0.6 is 11.6 Å². The Kier molecular flexibility index (Phi) is 5.07. The molecule has 0 aliphatic heterocycles. The summed E-state index contributed by atoms with van der Waals surface area (Å²) in [6.45, 7) is 0. The molecule has 2 rings (SSSR count). The fourth-order valence-electron chi connectivity index (χ4n) is 1.80. The lowest BCUT2D eigenvalue weighted by Crippen LogP contribution is -2.00. The van der Waals surface area contributed by atoms with Crippen LogP contribution in [0, 0.1) is 5.82 Å². The van der Waals surface area contributed by atoms with Crippen molar-refractivity contribution < 1.29 is 18.7 Å². The van der Waals surface area contributed by atoms with Gasteiger partial charge in [-0.2, -0.15) is 0 Å². The van der Waals surface area contributed by atoms with Crippen LogP contribution in [0.1, 0.15) is 26.3 Å². The van der Waals surface area contributed by atoms with E-state index in [1.165, 1.54) is 25.3 Å². The fraction of sp³-hybridized carbons (Fsp3) is 0.0588. The molecule has 0 amide bonds. The standard InChI is InChI=1S/C17H12ClFO3/c1-22-17(21)12-5-2-11(3-6-12)4-9-16(20)14-8-7-13(19)10-15(14)18/h2-10H,1H3/b9-4+. The second-order valence-electron chi connectivity index (χ2n) is 4.44. The lowest BCUT2D eigenvalue weighted by atomic mass is 10.1. The molecule has 0 aromatic heterocycles. The molecule has 0 fully saturated rings. The van der Waals surface area contributed by atoms with Crippen LogP contribution < -0.4 is 0 Å². The van der Waals surface area contributed by atoms with Gasteiger partial charge in [-0.05, 0) is 42.0 Å². The minimum Gasteiger partial charge on any atom is -0.465 e. The van der Waals surface area contributed by atoms with Gasteiger partial charge in [0, 0.05) is 5.56 Å². The van der Waals surface area contributed by atoms with Gasteiger partial charge in [0.2, 0.25) is 0 Å². The van der Waals surface area contributed by atoms with E-state index in [0.29, 0.717) is 5.56 Å². The van der Waals surface area contributed by atoms with Crippen molar-refractivity contribution in [1.82, 2.24) is 0 Å². The number of ether oxygens (including phenoxy) is 1. The van der Waals surface area contributed by atoms with Gasteiger partial charge in [0.25, 0.3) is 0 Å². The summed E-state index contributed by atoms with van der Waals surface area (Å²) < 4.78 is 17.5. The summed E-state index contributed by atoms with van der Waals surface area (Å²) in [6, 6.07) is 10.2. The number of methoxy groups -OCH3 is 1. The van der Waals surface area contributed by atoms with Crippen molar-refractivity contribution in [3.63, 3.8) is 0 Å². The van der Waals surface area contributed by atoms with E-state index in [4.69, 9.17) is 11.6 Å². The highest BCUT2D eigenvalue weighted by atomic mass is 35.5. The van der Waals surface area contributed by atoms with Crippen molar-refractivity contribution in [2.24, 2.45) is 0 Å². The van der Waals surface area contributed by atoms with Crippen molar-refractivity contribution in [2.45, 2.75) is 0 Å². The first-order valence-corrected chi connectivity index (χ1v) is 6.75. The summed E-state index contributed by atoms with van der Waals surface area (Å²) in [6.07, 6.45) is 2.93. The molecule has 0 radical (unpaired) electrons. The molecule has 22 heavy (non-hydrogen) atoms. The monoisotopic (exact) mass is 318 g/mol. The fourth-order valence-corrected chi connectivity index (χ4v) is 2.06. The van der Waals surface area contributed by atoms with E-state index in [-0.39, 0.29) is 16.4 Å². The van der Waals surface area contributed by atoms with Crippen LogP contribution in [0.4, 0.5) is 4.39 Å². The first-order chi connectivity index (χ1) is 10.5. The Bertz CT molecular complexity index is 736. The zero-order valence-electron chi connectivity index (χ0n) is 11.7. The maximum Gasteiger partial charge on any atom is 0.337 e. The molecule has 5 heteroatoms. The maximum absolute atomic E-state index is 12.9. The van der Waals surface area contributed by atoms with Gasteiger partial charge >= 0.3 is 5.97 Å². The van der Waals surface area contributed by atoms with Gasteiger partial charge in [0.1, 0.15) is 5.82 Å². The van der Waals surface area contributed by atoms with Gasteiger partial charge in [-0.25, -0.2) is 9.18 Å². The molecular formula is C17H12ClFO3. The highest BCUT2D eigenvalue weighted by molar-refractivity contribution is 6.34. The second kappa shape index (κ2) is 7.00. The first-order valence-electron chi connectivity index (χ1n) is 6.37. The van der Waals surface area contributed by atoms with E-state index < -0.39 is 11.8 Å². The van der Waals surface area contributed by atoms with E-state index in [0.717, 1.165) is 11.6 Å². The van der Waals surface area contributed by atoms with Crippen molar-refractivity contribution in [3.8, 4) is 0 Å². The Hall–Kier alpha value is -2.46. The zero-order chi connectivity index (χ0) is 16.1. The van der Waals surface area contributed by atoms with Crippen LogP contribution in [0.15, 0.2) is 48.5 Å². The third-order valence-corrected chi connectivity index (χ3v) is 3.27. The molecule has 0 bridgehead atoms. The predicted molar refractivity (Wildman–Crippen MR) is 82.6 cm³/mol. The van der Waals surface area contributed by atoms with Gasteiger partial charge in [-0.1, -0.05) is 29.8 Å². The molecule has 0 heterocycles. The first kappa shape index (κ1) is 15.9. The number of benzene rings is 2. The molecule has 0 spiro atoms.